The normalized spacial score (nSPS) is 13.9. The second kappa shape index (κ2) is 6.15. The fraction of sp³-hybridized carbons (Fsp3) is 0.0588. The van der Waals surface area contributed by atoms with Crippen LogP contribution in [0.4, 0.5) is 10.1 Å². The minimum absolute atomic E-state index is 0.153. The number of aromatic hydroxyl groups is 1. The molecule has 1 aromatic carbocycles. The first-order valence-electron chi connectivity index (χ1n) is 7.42. The van der Waals surface area contributed by atoms with Gasteiger partial charge in [-0.1, -0.05) is 22.9 Å². The average Bonchev–Trinajstić information content (AvgIpc) is 3.07. The summed E-state index contributed by atoms with van der Waals surface area (Å²) in [5.41, 5.74) is 0.629. The summed E-state index contributed by atoms with van der Waals surface area (Å²) in [5.74, 6) is -1.18. The number of carbonyl (C=O) groups excluding carboxylic acids is 1. The van der Waals surface area contributed by atoms with Gasteiger partial charge in [0, 0.05) is 24.7 Å². The molecule has 0 spiro atoms. The zero-order chi connectivity index (χ0) is 18.4. The van der Waals surface area contributed by atoms with Crippen LogP contribution in [0.3, 0.4) is 0 Å². The Balaban J connectivity index is 1.99. The van der Waals surface area contributed by atoms with E-state index in [0.29, 0.717) is 26.1 Å². The van der Waals surface area contributed by atoms with Crippen molar-refractivity contribution < 1.29 is 14.3 Å². The number of benzene rings is 1. The van der Waals surface area contributed by atoms with E-state index in [9.17, 15) is 14.3 Å². The van der Waals surface area contributed by atoms with Gasteiger partial charge >= 0.3 is 0 Å². The fourth-order valence-corrected chi connectivity index (χ4v) is 3.82. The molecule has 2 aromatic heterocycles. The third-order valence-corrected chi connectivity index (χ3v) is 5.29. The van der Waals surface area contributed by atoms with Gasteiger partial charge in [-0.2, -0.15) is 0 Å². The molecule has 26 heavy (non-hydrogen) atoms. The first-order valence-corrected chi connectivity index (χ1v) is 8.61. The lowest BCUT2D eigenvalue weighted by atomic mass is 10.1. The highest BCUT2D eigenvalue weighted by Gasteiger charge is 2.25. The number of hydrogen-bond donors (Lipinski definition) is 1. The molecule has 1 amide bonds. The van der Waals surface area contributed by atoms with Crippen molar-refractivity contribution in [2.75, 3.05) is 0 Å². The summed E-state index contributed by atoms with van der Waals surface area (Å²) >= 11 is 7.16. The van der Waals surface area contributed by atoms with Crippen LogP contribution in [0.1, 0.15) is 4.88 Å². The quantitative estimate of drug-likeness (QED) is 0.723. The number of aromatic nitrogens is 2. The van der Waals surface area contributed by atoms with Crippen LogP contribution in [0.5, 0.6) is 5.88 Å². The number of rotatable bonds is 2. The zero-order valence-corrected chi connectivity index (χ0v) is 14.8. The molecule has 0 aliphatic carbocycles. The predicted octanol–water partition coefficient (Wildman–Crippen LogP) is 1.57. The van der Waals surface area contributed by atoms with Crippen molar-refractivity contribution in [1.82, 2.24) is 9.55 Å². The van der Waals surface area contributed by atoms with Crippen LogP contribution in [0, 0.1) is 5.82 Å². The average molecular weight is 389 g/mol. The van der Waals surface area contributed by atoms with Crippen LogP contribution in [0.2, 0.25) is 5.02 Å². The summed E-state index contributed by atoms with van der Waals surface area (Å²) in [5, 5.41) is 11.6. The summed E-state index contributed by atoms with van der Waals surface area (Å²) in [6, 6.07) is 5.53. The molecular weight excluding hydrogens is 379 g/mol. The summed E-state index contributed by atoms with van der Waals surface area (Å²) in [6.45, 7) is 0. The van der Waals surface area contributed by atoms with Crippen molar-refractivity contribution in [3.05, 3.63) is 67.8 Å². The number of fused-ring (bicyclic) bond motifs is 1. The summed E-state index contributed by atoms with van der Waals surface area (Å²) < 4.78 is 15.1. The Morgan fingerprint density at radius 1 is 1.35 bits per heavy atom. The van der Waals surface area contributed by atoms with Crippen molar-refractivity contribution >= 4 is 40.1 Å². The fourth-order valence-electron chi connectivity index (χ4n) is 2.58. The van der Waals surface area contributed by atoms with Gasteiger partial charge in [0.15, 0.2) is 4.80 Å². The minimum Gasteiger partial charge on any atom is -0.493 e. The second-order valence-electron chi connectivity index (χ2n) is 5.49. The molecule has 0 atom stereocenters. The highest BCUT2D eigenvalue weighted by atomic mass is 35.5. The van der Waals surface area contributed by atoms with Crippen LogP contribution in [-0.4, -0.2) is 20.6 Å². The summed E-state index contributed by atoms with van der Waals surface area (Å²) in [7, 11) is 1.60. The molecule has 4 rings (SSSR count). The van der Waals surface area contributed by atoms with Gasteiger partial charge in [0.2, 0.25) is 5.88 Å². The number of hydrogen-bond acceptors (Lipinski definition) is 5. The maximum Gasteiger partial charge on any atom is 0.279 e. The topological polar surface area (TPSA) is 79.8 Å². The summed E-state index contributed by atoms with van der Waals surface area (Å²) in [4.78, 5) is 25.2. The molecule has 0 radical (unpaired) electrons. The molecule has 1 aliphatic rings. The van der Waals surface area contributed by atoms with Crippen molar-refractivity contribution in [1.29, 1.82) is 0 Å². The molecule has 9 heteroatoms. The molecule has 1 N–H and O–H groups in total. The van der Waals surface area contributed by atoms with E-state index >= 15 is 0 Å². The Bertz CT molecular complexity index is 1260. The van der Waals surface area contributed by atoms with Gasteiger partial charge in [0.1, 0.15) is 10.7 Å². The van der Waals surface area contributed by atoms with Crippen LogP contribution < -0.4 is 15.4 Å². The van der Waals surface area contributed by atoms with Gasteiger partial charge in [-0.3, -0.25) is 14.3 Å². The first kappa shape index (κ1) is 16.6. The lowest BCUT2D eigenvalue weighted by Gasteiger charge is -1.99. The van der Waals surface area contributed by atoms with Gasteiger partial charge in [0.05, 0.1) is 21.6 Å². The van der Waals surface area contributed by atoms with Gasteiger partial charge in [-0.05, 0) is 24.3 Å². The highest BCUT2D eigenvalue weighted by molar-refractivity contribution is 7.11. The molecule has 0 bridgehead atoms. The van der Waals surface area contributed by atoms with Crippen LogP contribution in [0.15, 0.2) is 46.6 Å². The molecule has 0 saturated carbocycles. The Morgan fingerprint density at radius 3 is 2.92 bits per heavy atom. The van der Waals surface area contributed by atoms with E-state index in [4.69, 9.17) is 11.6 Å². The van der Waals surface area contributed by atoms with E-state index < -0.39 is 11.7 Å². The number of carbonyl (C=O) groups is 1. The van der Waals surface area contributed by atoms with Gasteiger partial charge < -0.3 is 5.11 Å². The van der Waals surface area contributed by atoms with E-state index in [1.165, 1.54) is 29.0 Å². The number of nitrogens with zero attached hydrogens (tertiary/aromatic N) is 4. The molecule has 3 aromatic rings. The van der Waals surface area contributed by atoms with E-state index in [-0.39, 0.29) is 16.3 Å². The molecule has 1 aliphatic heterocycles. The van der Waals surface area contributed by atoms with Crippen molar-refractivity contribution in [3.63, 3.8) is 0 Å². The van der Waals surface area contributed by atoms with Crippen LogP contribution >= 0.6 is 22.9 Å². The Labute approximate surface area is 154 Å². The molecule has 130 valence electrons. The molecule has 0 unspecified atom stereocenters. The smallest absolute Gasteiger partial charge is 0.279 e. The molecule has 6 nitrogen and oxygen atoms in total. The Kier molecular flexibility index (Phi) is 3.93. The molecule has 0 saturated heterocycles. The molecule has 3 heterocycles. The van der Waals surface area contributed by atoms with Crippen molar-refractivity contribution in [3.8, 4) is 5.88 Å². The van der Waals surface area contributed by atoms with Crippen molar-refractivity contribution in [2.45, 2.75) is 0 Å². The minimum atomic E-state index is -0.531. The maximum absolute atomic E-state index is 13.6. The van der Waals surface area contributed by atoms with Gasteiger partial charge in [0.25, 0.3) is 5.91 Å². The number of halogens is 2. The van der Waals surface area contributed by atoms with E-state index in [1.54, 1.807) is 19.3 Å². The number of pyridine rings is 1. The predicted molar refractivity (Wildman–Crippen MR) is 94.1 cm³/mol. The van der Waals surface area contributed by atoms with Gasteiger partial charge in [-0.25, -0.2) is 14.4 Å². The number of amides is 1. The first-order chi connectivity index (χ1) is 12.5. The lowest BCUT2D eigenvalue weighted by molar-refractivity contribution is -0.112. The van der Waals surface area contributed by atoms with E-state index in [1.807, 2.05) is 0 Å². The van der Waals surface area contributed by atoms with Crippen molar-refractivity contribution in [2.24, 2.45) is 17.0 Å². The van der Waals surface area contributed by atoms with Crippen LogP contribution in [0.25, 0.3) is 5.57 Å². The number of thiazole rings is 1. The lowest BCUT2D eigenvalue weighted by Crippen LogP contribution is -2.23. The Hall–Kier alpha value is -2.84. The third kappa shape index (κ3) is 2.63. The van der Waals surface area contributed by atoms with E-state index in [2.05, 4.69) is 15.0 Å². The third-order valence-electron chi connectivity index (χ3n) is 3.86. The summed E-state index contributed by atoms with van der Waals surface area (Å²) in [6.07, 6.45) is 3.01. The standard InChI is InChI=1S/C17H10ClFN4O2S/c1-23-16(25)14(26-17(23)22-12-4-5-20-7-10(12)18)13-9-6-8(19)2-3-11(9)21-15(13)24/h2-7,25H,1H3. The largest absolute Gasteiger partial charge is 0.493 e. The van der Waals surface area contributed by atoms with E-state index in [0.717, 1.165) is 11.3 Å². The molecular formula is C17H10ClFN4O2S. The SMILES string of the molecule is Cn1c(O)c(C2=c3cc(F)ccc3=NC2=O)sc1=Nc1ccncc1Cl. The zero-order valence-electron chi connectivity index (χ0n) is 13.3. The maximum atomic E-state index is 13.6. The highest BCUT2D eigenvalue weighted by Crippen LogP contribution is 2.29. The van der Waals surface area contributed by atoms with Gasteiger partial charge in [-0.15, -0.1) is 0 Å². The second-order valence-corrected chi connectivity index (χ2v) is 6.87. The van der Waals surface area contributed by atoms with Crippen LogP contribution in [-0.2, 0) is 11.8 Å². The monoisotopic (exact) mass is 388 g/mol. The molecule has 0 fully saturated rings. The Morgan fingerprint density at radius 2 is 2.15 bits per heavy atom.